The van der Waals surface area contributed by atoms with Crippen LogP contribution in [0.2, 0.25) is 10.0 Å². The summed E-state index contributed by atoms with van der Waals surface area (Å²) >= 11 is 12.5. The van der Waals surface area contributed by atoms with Gasteiger partial charge in [0.05, 0.1) is 21.4 Å². The predicted molar refractivity (Wildman–Crippen MR) is 103 cm³/mol. The van der Waals surface area contributed by atoms with Crippen molar-refractivity contribution in [1.82, 2.24) is 14.8 Å². The van der Waals surface area contributed by atoms with Gasteiger partial charge in [-0.25, -0.2) is 4.79 Å². The molecule has 28 heavy (non-hydrogen) atoms. The number of benzene rings is 2. The van der Waals surface area contributed by atoms with Gasteiger partial charge in [-0.15, -0.1) is 0 Å². The summed E-state index contributed by atoms with van der Waals surface area (Å²) in [5, 5.41) is 16.1. The first-order chi connectivity index (χ1) is 13.2. The summed E-state index contributed by atoms with van der Waals surface area (Å²) in [4.78, 5) is 36.3. The number of anilines is 1. The number of H-pyrrole nitrogens is 1. The first kappa shape index (κ1) is 19.5. The van der Waals surface area contributed by atoms with E-state index in [1.54, 1.807) is 0 Å². The highest BCUT2D eigenvalue weighted by molar-refractivity contribution is 6.37. The molecule has 9 nitrogen and oxygen atoms in total. The Labute approximate surface area is 167 Å². The number of nitrogens with one attached hydrogen (secondary N) is 2. The van der Waals surface area contributed by atoms with Gasteiger partial charge in [-0.3, -0.25) is 14.6 Å². The monoisotopic (exact) mass is 422 g/mol. The highest BCUT2D eigenvalue weighted by atomic mass is 35.5. The van der Waals surface area contributed by atoms with E-state index in [1.807, 2.05) is 0 Å². The number of aromatic hydroxyl groups is 1. The van der Waals surface area contributed by atoms with E-state index >= 15 is 0 Å². The second kappa shape index (κ2) is 7.75. The van der Waals surface area contributed by atoms with Gasteiger partial charge in [-0.05, 0) is 24.3 Å². The summed E-state index contributed by atoms with van der Waals surface area (Å²) in [5.41, 5.74) is -1.03. The van der Waals surface area contributed by atoms with Gasteiger partial charge in [-0.2, -0.15) is 9.78 Å². The van der Waals surface area contributed by atoms with Crippen LogP contribution in [-0.2, 0) is 4.79 Å². The third-order valence-electron chi connectivity index (χ3n) is 3.44. The first-order valence-corrected chi connectivity index (χ1v) is 8.46. The number of aromatic nitrogens is 3. The number of hydrogen-bond acceptors (Lipinski definition) is 6. The molecule has 3 rings (SSSR count). The van der Waals surface area contributed by atoms with Crippen molar-refractivity contribution in [3.05, 3.63) is 67.4 Å². The van der Waals surface area contributed by atoms with Crippen LogP contribution in [0.25, 0.3) is 5.69 Å². The van der Waals surface area contributed by atoms with Gasteiger partial charge in [0, 0.05) is 13.0 Å². The van der Waals surface area contributed by atoms with E-state index in [-0.39, 0.29) is 44.6 Å². The van der Waals surface area contributed by atoms with Crippen molar-refractivity contribution in [1.29, 1.82) is 0 Å². The molecule has 144 valence electrons. The van der Waals surface area contributed by atoms with Gasteiger partial charge < -0.3 is 15.2 Å². The summed E-state index contributed by atoms with van der Waals surface area (Å²) in [6.07, 6.45) is 0.938. The minimum Gasteiger partial charge on any atom is -0.506 e. The van der Waals surface area contributed by atoms with Crippen LogP contribution in [-0.4, -0.2) is 25.8 Å². The number of amides is 1. The Morgan fingerprint density at radius 3 is 2.50 bits per heavy atom. The van der Waals surface area contributed by atoms with Gasteiger partial charge in [0.2, 0.25) is 5.91 Å². The lowest BCUT2D eigenvalue weighted by atomic mass is 10.2. The van der Waals surface area contributed by atoms with Crippen molar-refractivity contribution in [2.24, 2.45) is 0 Å². The number of phenolic OH excluding ortho intramolecular Hbond substituents is 1. The molecule has 0 saturated carbocycles. The Hall–Kier alpha value is -3.30. The summed E-state index contributed by atoms with van der Waals surface area (Å²) in [6, 6.07) is 6.94. The van der Waals surface area contributed by atoms with Gasteiger partial charge in [-0.1, -0.05) is 23.2 Å². The normalized spacial score (nSPS) is 10.5. The average molecular weight is 423 g/mol. The Bertz CT molecular complexity index is 1170. The van der Waals surface area contributed by atoms with Gasteiger partial charge >= 0.3 is 5.69 Å². The van der Waals surface area contributed by atoms with Gasteiger partial charge in [0.25, 0.3) is 5.56 Å². The highest BCUT2D eigenvalue weighted by Gasteiger charge is 2.14. The molecule has 0 aliphatic carbocycles. The Balaban J connectivity index is 1.97. The molecule has 0 aliphatic rings. The Kier molecular flexibility index (Phi) is 5.39. The summed E-state index contributed by atoms with van der Waals surface area (Å²) in [7, 11) is 0. The number of carbonyl (C=O) groups is 1. The van der Waals surface area contributed by atoms with E-state index in [2.05, 4.69) is 15.4 Å². The molecule has 0 radical (unpaired) electrons. The number of aromatic amines is 1. The Morgan fingerprint density at radius 2 is 1.89 bits per heavy atom. The zero-order chi connectivity index (χ0) is 20.4. The summed E-state index contributed by atoms with van der Waals surface area (Å²) in [5.74, 6) is -0.174. The van der Waals surface area contributed by atoms with E-state index in [1.165, 1.54) is 37.3 Å². The number of carbonyl (C=O) groups excluding carboxylic acids is 1. The number of rotatable bonds is 4. The zero-order valence-corrected chi connectivity index (χ0v) is 15.7. The van der Waals surface area contributed by atoms with Crippen molar-refractivity contribution in [2.75, 3.05) is 5.32 Å². The second-order valence-electron chi connectivity index (χ2n) is 5.55. The number of hydrogen-bond donors (Lipinski definition) is 3. The maximum absolute atomic E-state index is 11.9. The molecule has 1 aromatic heterocycles. The van der Waals surface area contributed by atoms with E-state index in [4.69, 9.17) is 27.9 Å². The lowest BCUT2D eigenvalue weighted by Crippen LogP contribution is -2.30. The maximum Gasteiger partial charge on any atom is 0.349 e. The fraction of sp³-hybridized carbons (Fsp3) is 0.0588. The lowest BCUT2D eigenvalue weighted by Gasteiger charge is -2.13. The molecule has 0 atom stereocenters. The highest BCUT2D eigenvalue weighted by Crippen LogP contribution is 2.39. The van der Waals surface area contributed by atoms with Gasteiger partial charge in [0.1, 0.15) is 17.7 Å². The maximum atomic E-state index is 11.9. The van der Waals surface area contributed by atoms with Crippen LogP contribution in [0.4, 0.5) is 5.69 Å². The van der Waals surface area contributed by atoms with E-state index in [9.17, 15) is 19.5 Å². The zero-order valence-electron chi connectivity index (χ0n) is 14.2. The topological polar surface area (TPSA) is 126 Å². The molecule has 0 fully saturated rings. The molecule has 0 aliphatic heterocycles. The number of nitrogens with zero attached hydrogens (tertiary/aromatic N) is 2. The molecule has 1 amide bonds. The standard InChI is InChI=1S/C17H12Cl2N4O5/c1-8(24)21-13-6-10(2-3-14(13)25)28-16-11(18)4-9(5-12(16)19)23-17(27)22-15(26)7-20-23/h2-7,25H,1H3,(H,21,24)(H,22,26,27). The SMILES string of the molecule is CC(=O)Nc1cc(Oc2c(Cl)cc(-n3ncc(=O)[nH]c3=O)cc2Cl)ccc1O. The van der Waals surface area contributed by atoms with Crippen molar-refractivity contribution in [3.63, 3.8) is 0 Å². The molecule has 0 bridgehead atoms. The number of ether oxygens (including phenoxy) is 1. The molecule has 3 aromatic rings. The molecular formula is C17H12Cl2N4O5. The summed E-state index contributed by atoms with van der Waals surface area (Å²) < 4.78 is 6.58. The van der Waals surface area contributed by atoms with Crippen LogP contribution in [0.5, 0.6) is 17.2 Å². The first-order valence-electron chi connectivity index (χ1n) is 7.71. The van der Waals surface area contributed by atoms with Crippen LogP contribution in [0.1, 0.15) is 6.92 Å². The minimum atomic E-state index is -0.758. The quantitative estimate of drug-likeness (QED) is 0.554. The van der Waals surface area contributed by atoms with Crippen LogP contribution >= 0.6 is 23.2 Å². The summed E-state index contributed by atoms with van der Waals surface area (Å²) in [6.45, 7) is 1.30. The number of halogens is 2. The fourth-order valence-electron chi connectivity index (χ4n) is 2.29. The third kappa shape index (κ3) is 4.16. The largest absolute Gasteiger partial charge is 0.506 e. The molecule has 3 N–H and O–H groups in total. The van der Waals surface area contributed by atoms with E-state index < -0.39 is 11.2 Å². The molecular weight excluding hydrogens is 411 g/mol. The molecule has 11 heteroatoms. The lowest BCUT2D eigenvalue weighted by molar-refractivity contribution is -0.114. The van der Waals surface area contributed by atoms with Crippen LogP contribution in [0.3, 0.4) is 0 Å². The van der Waals surface area contributed by atoms with Crippen molar-refractivity contribution < 1.29 is 14.6 Å². The van der Waals surface area contributed by atoms with Crippen molar-refractivity contribution in [3.8, 4) is 22.9 Å². The van der Waals surface area contributed by atoms with Crippen LogP contribution < -0.4 is 21.3 Å². The van der Waals surface area contributed by atoms with Crippen molar-refractivity contribution >= 4 is 34.8 Å². The minimum absolute atomic E-state index is 0.0663. The number of phenols is 1. The third-order valence-corrected chi connectivity index (χ3v) is 4.00. The van der Waals surface area contributed by atoms with Crippen molar-refractivity contribution in [2.45, 2.75) is 6.92 Å². The van der Waals surface area contributed by atoms with Crippen LogP contribution in [0.15, 0.2) is 46.1 Å². The molecule has 2 aromatic carbocycles. The van der Waals surface area contributed by atoms with Crippen LogP contribution in [0, 0.1) is 0 Å². The Morgan fingerprint density at radius 1 is 1.21 bits per heavy atom. The molecule has 0 saturated heterocycles. The predicted octanol–water partition coefficient (Wildman–Crippen LogP) is 2.68. The fourth-order valence-corrected chi connectivity index (χ4v) is 2.84. The average Bonchev–Trinajstić information content (AvgIpc) is 2.60. The molecule has 0 spiro atoms. The second-order valence-corrected chi connectivity index (χ2v) is 6.37. The molecule has 0 unspecified atom stereocenters. The smallest absolute Gasteiger partial charge is 0.349 e. The molecule has 1 heterocycles. The van der Waals surface area contributed by atoms with Gasteiger partial charge in [0.15, 0.2) is 5.75 Å². The van der Waals surface area contributed by atoms with E-state index in [0.717, 1.165) is 10.9 Å². The van der Waals surface area contributed by atoms with E-state index in [0.29, 0.717) is 0 Å².